The van der Waals surface area contributed by atoms with Crippen LogP contribution in [0.25, 0.3) is 0 Å². The molecule has 0 unspecified atom stereocenters. The van der Waals surface area contributed by atoms with E-state index in [0.717, 1.165) is 29.0 Å². The van der Waals surface area contributed by atoms with Gasteiger partial charge in [-0.2, -0.15) is 0 Å². The van der Waals surface area contributed by atoms with Crippen molar-refractivity contribution in [1.82, 2.24) is 4.98 Å². The molecule has 0 fully saturated rings. The average molecular weight is 307 g/mol. The van der Waals surface area contributed by atoms with Crippen molar-refractivity contribution in [3.8, 4) is 5.75 Å². The fourth-order valence-electron chi connectivity index (χ4n) is 1.64. The van der Waals surface area contributed by atoms with Gasteiger partial charge in [-0.3, -0.25) is 0 Å². The van der Waals surface area contributed by atoms with E-state index in [1.807, 2.05) is 31.2 Å². The fourth-order valence-corrected chi connectivity index (χ4v) is 1.86. The van der Waals surface area contributed by atoms with Gasteiger partial charge in [0.2, 0.25) is 0 Å². The van der Waals surface area contributed by atoms with Crippen LogP contribution in [0.5, 0.6) is 5.75 Å². The molecule has 3 nitrogen and oxygen atoms in total. The highest BCUT2D eigenvalue weighted by atomic mass is 79.9. The lowest BCUT2D eigenvalue weighted by Crippen LogP contribution is -2.06. The highest BCUT2D eigenvalue weighted by Gasteiger charge is 1.99. The van der Waals surface area contributed by atoms with Gasteiger partial charge in [-0.25, -0.2) is 4.98 Å². The normalized spacial score (nSPS) is 10.3. The summed E-state index contributed by atoms with van der Waals surface area (Å²) >= 11 is 3.43. The van der Waals surface area contributed by atoms with Crippen LogP contribution in [0, 0.1) is 6.92 Å². The van der Waals surface area contributed by atoms with Crippen LogP contribution in [0.15, 0.2) is 40.9 Å². The standard InChI is InChI=1S/C14H15BrN2O/c1-10-13(15)6-7-14(17-10)16-9-8-11-2-4-12(18)5-3-11/h2-7,18H,8-9H2,1H3,(H,16,17). The second-order valence-electron chi connectivity index (χ2n) is 4.11. The molecule has 94 valence electrons. The second kappa shape index (κ2) is 5.87. The van der Waals surface area contributed by atoms with Crippen LogP contribution in [0.3, 0.4) is 0 Å². The summed E-state index contributed by atoms with van der Waals surface area (Å²) in [5.74, 6) is 1.19. The van der Waals surface area contributed by atoms with Crippen molar-refractivity contribution >= 4 is 21.7 Å². The minimum atomic E-state index is 0.303. The van der Waals surface area contributed by atoms with Gasteiger partial charge in [-0.15, -0.1) is 0 Å². The molecule has 1 heterocycles. The van der Waals surface area contributed by atoms with E-state index in [4.69, 9.17) is 0 Å². The molecular weight excluding hydrogens is 292 g/mol. The summed E-state index contributed by atoms with van der Waals surface area (Å²) < 4.78 is 1.02. The number of nitrogens with one attached hydrogen (secondary N) is 1. The van der Waals surface area contributed by atoms with Crippen molar-refractivity contribution in [2.75, 3.05) is 11.9 Å². The minimum Gasteiger partial charge on any atom is -0.508 e. The van der Waals surface area contributed by atoms with E-state index >= 15 is 0 Å². The quantitative estimate of drug-likeness (QED) is 0.908. The molecule has 2 aromatic rings. The van der Waals surface area contributed by atoms with Gasteiger partial charge in [0.05, 0.1) is 5.69 Å². The van der Waals surface area contributed by atoms with Gasteiger partial charge >= 0.3 is 0 Å². The molecule has 0 aliphatic heterocycles. The zero-order valence-corrected chi connectivity index (χ0v) is 11.7. The molecule has 2 rings (SSSR count). The van der Waals surface area contributed by atoms with Gasteiger partial charge < -0.3 is 10.4 Å². The first-order chi connectivity index (χ1) is 8.65. The number of aryl methyl sites for hydroxylation is 1. The topological polar surface area (TPSA) is 45.2 Å². The molecule has 0 amide bonds. The van der Waals surface area contributed by atoms with Gasteiger partial charge in [-0.1, -0.05) is 12.1 Å². The first-order valence-corrected chi connectivity index (χ1v) is 6.59. The largest absolute Gasteiger partial charge is 0.508 e. The average Bonchev–Trinajstić information content (AvgIpc) is 2.36. The van der Waals surface area contributed by atoms with E-state index in [0.29, 0.717) is 5.75 Å². The Kier molecular flexibility index (Phi) is 4.20. The molecular formula is C14H15BrN2O. The zero-order chi connectivity index (χ0) is 13.0. The Morgan fingerprint density at radius 2 is 1.89 bits per heavy atom. The molecule has 2 N–H and O–H groups in total. The number of hydrogen-bond donors (Lipinski definition) is 2. The molecule has 0 aliphatic rings. The number of hydrogen-bond acceptors (Lipinski definition) is 3. The lowest BCUT2D eigenvalue weighted by molar-refractivity contribution is 0.475. The van der Waals surface area contributed by atoms with Crippen molar-refractivity contribution in [3.63, 3.8) is 0 Å². The molecule has 0 radical (unpaired) electrons. The van der Waals surface area contributed by atoms with E-state index < -0.39 is 0 Å². The van der Waals surface area contributed by atoms with Crippen LogP contribution in [0.1, 0.15) is 11.3 Å². The van der Waals surface area contributed by atoms with Crippen molar-refractivity contribution in [1.29, 1.82) is 0 Å². The Balaban J connectivity index is 1.88. The summed E-state index contributed by atoms with van der Waals surface area (Å²) in [6.07, 6.45) is 0.900. The molecule has 0 atom stereocenters. The van der Waals surface area contributed by atoms with Crippen molar-refractivity contribution in [2.45, 2.75) is 13.3 Å². The predicted octanol–water partition coefficient (Wildman–Crippen LogP) is 3.51. The zero-order valence-electron chi connectivity index (χ0n) is 10.2. The highest BCUT2D eigenvalue weighted by molar-refractivity contribution is 9.10. The van der Waals surface area contributed by atoms with Crippen LogP contribution in [-0.4, -0.2) is 16.6 Å². The van der Waals surface area contributed by atoms with Gasteiger partial charge in [0.15, 0.2) is 0 Å². The Bertz CT molecular complexity index is 526. The molecule has 0 saturated carbocycles. The van der Waals surface area contributed by atoms with Crippen molar-refractivity contribution in [2.24, 2.45) is 0 Å². The first kappa shape index (κ1) is 12.9. The SMILES string of the molecule is Cc1nc(NCCc2ccc(O)cc2)ccc1Br. The van der Waals surface area contributed by atoms with E-state index in [1.165, 1.54) is 5.56 Å². The van der Waals surface area contributed by atoms with Crippen molar-refractivity contribution in [3.05, 3.63) is 52.1 Å². The second-order valence-corrected chi connectivity index (χ2v) is 4.96. The van der Waals surface area contributed by atoms with Gasteiger partial charge in [0, 0.05) is 11.0 Å². The summed E-state index contributed by atoms with van der Waals surface area (Å²) in [5.41, 5.74) is 2.17. The van der Waals surface area contributed by atoms with E-state index in [-0.39, 0.29) is 0 Å². The fraction of sp³-hybridized carbons (Fsp3) is 0.214. The third-order valence-corrected chi connectivity index (χ3v) is 3.52. The Labute approximate surface area is 115 Å². The van der Waals surface area contributed by atoms with Gasteiger partial charge in [0.25, 0.3) is 0 Å². The Hall–Kier alpha value is -1.55. The third kappa shape index (κ3) is 3.47. The van der Waals surface area contributed by atoms with E-state index in [2.05, 4.69) is 26.2 Å². The maximum atomic E-state index is 9.19. The number of benzene rings is 1. The lowest BCUT2D eigenvalue weighted by atomic mass is 10.1. The van der Waals surface area contributed by atoms with E-state index in [9.17, 15) is 5.11 Å². The van der Waals surface area contributed by atoms with Crippen LogP contribution < -0.4 is 5.32 Å². The number of halogens is 1. The summed E-state index contributed by atoms with van der Waals surface area (Å²) in [7, 11) is 0. The number of anilines is 1. The number of aromatic nitrogens is 1. The summed E-state index contributed by atoms with van der Waals surface area (Å²) in [6, 6.07) is 11.2. The molecule has 0 spiro atoms. The van der Waals surface area contributed by atoms with Gasteiger partial charge in [0.1, 0.15) is 11.6 Å². The predicted molar refractivity (Wildman–Crippen MR) is 77.0 cm³/mol. The van der Waals surface area contributed by atoms with Crippen LogP contribution in [0.2, 0.25) is 0 Å². The molecule has 1 aromatic carbocycles. The maximum Gasteiger partial charge on any atom is 0.126 e. The number of aromatic hydroxyl groups is 1. The number of rotatable bonds is 4. The lowest BCUT2D eigenvalue weighted by Gasteiger charge is -2.07. The van der Waals surface area contributed by atoms with Crippen LogP contribution in [0.4, 0.5) is 5.82 Å². The molecule has 18 heavy (non-hydrogen) atoms. The maximum absolute atomic E-state index is 9.19. The van der Waals surface area contributed by atoms with Gasteiger partial charge in [-0.05, 0) is 59.1 Å². The molecule has 0 bridgehead atoms. The number of nitrogens with zero attached hydrogens (tertiary/aromatic N) is 1. The van der Waals surface area contributed by atoms with Crippen molar-refractivity contribution < 1.29 is 5.11 Å². The third-order valence-electron chi connectivity index (χ3n) is 2.68. The van der Waals surface area contributed by atoms with Crippen LogP contribution >= 0.6 is 15.9 Å². The summed E-state index contributed by atoms with van der Waals surface area (Å²) in [5, 5.41) is 12.5. The molecule has 0 saturated heterocycles. The monoisotopic (exact) mass is 306 g/mol. The van der Waals surface area contributed by atoms with E-state index in [1.54, 1.807) is 12.1 Å². The number of phenols is 1. The number of pyridine rings is 1. The smallest absolute Gasteiger partial charge is 0.126 e. The summed E-state index contributed by atoms with van der Waals surface area (Å²) in [4.78, 5) is 4.42. The first-order valence-electron chi connectivity index (χ1n) is 5.80. The highest BCUT2D eigenvalue weighted by Crippen LogP contribution is 2.16. The Morgan fingerprint density at radius 1 is 1.17 bits per heavy atom. The molecule has 1 aromatic heterocycles. The molecule has 0 aliphatic carbocycles. The van der Waals surface area contributed by atoms with Crippen LogP contribution in [-0.2, 0) is 6.42 Å². The number of phenolic OH excluding ortho intramolecular Hbond substituents is 1. The summed E-state index contributed by atoms with van der Waals surface area (Å²) in [6.45, 7) is 2.79. The minimum absolute atomic E-state index is 0.303. The molecule has 4 heteroatoms. The Morgan fingerprint density at radius 3 is 2.56 bits per heavy atom.